The van der Waals surface area contributed by atoms with Gasteiger partial charge in [-0.1, -0.05) is 77.6 Å². The Kier molecular flexibility index (Phi) is 12.1. The Morgan fingerprint density at radius 3 is 1.77 bits per heavy atom. The second-order valence-electron chi connectivity index (χ2n) is 6.58. The van der Waals surface area contributed by atoms with E-state index >= 15 is 0 Å². The standard InChI is InChI=1S/C20H32N2O4/c1-2-3-4-5-6-7-8-9-10-11-12-13-16-26-20(25)18-17(19(23)24)21-14-15-22-18/h14-15H,2-13,16H2,1H3,(H,23,24). The Bertz CT molecular complexity index is 534. The van der Waals surface area contributed by atoms with Crippen LogP contribution in [0.5, 0.6) is 0 Å². The van der Waals surface area contributed by atoms with Gasteiger partial charge in [0.05, 0.1) is 6.61 Å². The van der Waals surface area contributed by atoms with Crippen LogP contribution in [0.25, 0.3) is 0 Å². The van der Waals surface area contributed by atoms with Gasteiger partial charge < -0.3 is 9.84 Å². The molecule has 6 nitrogen and oxygen atoms in total. The molecule has 0 unspecified atom stereocenters. The van der Waals surface area contributed by atoms with Crippen molar-refractivity contribution < 1.29 is 19.4 Å². The Labute approximate surface area is 156 Å². The summed E-state index contributed by atoms with van der Waals surface area (Å²) in [5, 5.41) is 8.99. The van der Waals surface area contributed by atoms with E-state index in [1.54, 1.807) is 0 Å². The van der Waals surface area contributed by atoms with Crippen LogP contribution in [0.4, 0.5) is 0 Å². The van der Waals surface area contributed by atoms with Gasteiger partial charge in [-0.15, -0.1) is 0 Å². The summed E-state index contributed by atoms with van der Waals surface area (Å²) in [5.41, 5.74) is -0.605. The lowest BCUT2D eigenvalue weighted by molar-refractivity contribution is 0.0478. The fraction of sp³-hybridized carbons (Fsp3) is 0.700. The van der Waals surface area contributed by atoms with Crippen molar-refractivity contribution in [3.05, 3.63) is 23.8 Å². The molecule has 0 fully saturated rings. The topological polar surface area (TPSA) is 89.4 Å². The fourth-order valence-corrected chi connectivity index (χ4v) is 2.82. The molecule has 1 rings (SSSR count). The number of hydrogen-bond acceptors (Lipinski definition) is 5. The Morgan fingerprint density at radius 2 is 1.27 bits per heavy atom. The maximum atomic E-state index is 11.9. The van der Waals surface area contributed by atoms with E-state index in [1.165, 1.54) is 70.2 Å². The third-order valence-electron chi connectivity index (χ3n) is 4.33. The molecule has 26 heavy (non-hydrogen) atoms. The average molecular weight is 364 g/mol. The minimum absolute atomic E-state index is 0.237. The number of rotatable bonds is 15. The first-order chi connectivity index (χ1) is 12.7. The molecule has 0 aliphatic rings. The third-order valence-corrected chi connectivity index (χ3v) is 4.33. The summed E-state index contributed by atoms with van der Waals surface area (Å²) in [6.45, 7) is 2.52. The van der Waals surface area contributed by atoms with Crippen molar-refractivity contribution in [1.29, 1.82) is 0 Å². The van der Waals surface area contributed by atoms with Crippen LogP contribution in [0.1, 0.15) is 105 Å². The number of aromatic nitrogens is 2. The van der Waals surface area contributed by atoms with Crippen molar-refractivity contribution in [3.63, 3.8) is 0 Å². The summed E-state index contributed by atoms with van der Waals surface area (Å²) in [4.78, 5) is 30.3. The summed E-state index contributed by atoms with van der Waals surface area (Å²) < 4.78 is 5.11. The third kappa shape index (κ3) is 9.49. The molecule has 0 amide bonds. The summed E-state index contributed by atoms with van der Waals surface area (Å²) in [6.07, 6.45) is 17.4. The van der Waals surface area contributed by atoms with Crippen molar-refractivity contribution in [3.8, 4) is 0 Å². The molecule has 6 heteroatoms. The van der Waals surface area contributed by atoms with E-state index < -0.39 is 11.9 Å². The molecule has 1 N–H and O–H groups in total. The first-order valence-corrected chi connectivity index (χ1v) is 9.88. The zero-order chi connectivity index (χ0) is 19.0. The maximum absolute atomic E-state index is 11.9. The van der Waals surface area contributed by atoms with Gasteiger partial charge in [0.2, 0.25) is 0 Å². The second kappa shape index (κ2) is 14.2. The molecule has 0 aromatic carbocycles. The summed E-state index contributed by atoms with van der Waals surface area (Å²) in [6, 6.07) is 0. The van der Waals surface area contributed by atoms with Gasteiger partial charge in [-0.25, -0.2) is 19.6 Å². The van der Waals surface area contributed by atoms with Crippen LogP contribution >= 0.6 is 0 Å². The number of esters is 1. The van der Waals surface area contributed by atoms with Gasteiger partial charge in [-0.05, 0) is 6.42 Å². The largest absolute Gasteiger partial charge is 0.476 e. The van der Waals surface area contributed by atoms with E-state index in [-0.39, 0.29) is 18.0 Å². The molecule has 0 saturated heterocycles. The highest BCUT2D eigenvalue weighted by molar-refractivity contribution is 5.99. The Morgan fingerprint density at radius 1 is 0.808 bits per heavy atom. The number of carboxylic acids is 1. The predicted octanol–water partition coefficient (Wildman–Crippen LogP) is 5.03. The van der Waals surface area contributed by atoms with E-state index in [2.05, 4.69) is 16.9 Å². The van der Waals surface area contributed by atoms with Gasteiger partial charge in [0.25, 0.3) is 0 Å². The van der Waals surface area contributed by atoms with E-state index in [4.69, 9.17) is 9.84 Å². The van der Waals surface area contributed by atoms with Crippen molar-refractivity contribution in [2.24, 2.45) is 0 Å². The molecule has 1 heterocycles. The first-order valence-electron chi connectivity index (χ1n) is 9.88. The number of nitrogens with zero attached hydrogens (tertiary/aromatic N) is 2. The molecule has 1 aromatic heterocycles. The highest BCUT2D eigenvalue weighted by Crippen LogP contribution is 2.12. The van der Waals surface area contributed by atoms with Gasteiger partial charge in [0.15, 0.2) is 11.4 Å². The predicted molar refractivity (Wildman–Crippen MR) is 100 cm³/mol. The summed E-state index contributed by atoms with van der Waals surface area (Å²) >= 11 is 0. The zero-order valence-corrected chi connectivity index (χ0v) is 15.9. The van der Waals surface area contributed by atoms with Crippen LogP contribution in [0.15, 0.2) is 12.4 Å². The molecule has 1 aromatic rings. The Hall–Kier alpha value is -1.98. The van der Waals surface area contributed by atoms with Crippen LogP contribution in [0, 0.1) is 0 Å². The van der Waals surface area contributed by atoms with Crippen molar-refractivity contribution in [2.75, 3.05) is 6.61 Å². The number of carbonyl (C=O) groups excluding carboxylic acids is 1. The number of unbranched alkanes of at least 4 members (excludes halogenated alkanes) is 11. The smallest absolute Gasteiger partial charge is 0.359 e. The number of carboxylic acid groups (broad SMARTS) is 1. The van der Waals surface area contributed by atoms with Crippen molar-refractivity contribution in [2.45, 2.75) is 84.0 Å². The molecular formula is C20H32N2O4. The number of carbonyl (C=O) groups is 2. The monoisotopic (exact) mass is 364 g/mol. The number of hydrogen-bond donors (Lipinski definition) is 1. The molecule has 0 saturated carbocycles. The quantitative estimate of drug-likeness (QED) is 0.347. The van der Waals surface area contributed by atoms with Crippen LogP contribution < -0.4 is 0 Å². The second-order valence-corrected chi connectivity index (χ2v) is 6.58. The molecule has 0 radical (unpaired) electrons. The van der Waals surface area contributed by atoms with Crippen LogP contribution in [-0.2, 0) is 4.74 Å². The molecule has 146 valence electrons. The van der Waals surface area contributed by atoms with E-state index in [9.17, 15) is 9.59 Å². The highest BCUT2D eigenvalue weighted by atomic mass is 16.5. The molecule has 0 aliphatic carbocycles. The van der Waals surface area contributed by atoms with Gasteiger partial charge in [0.1, 0.15) is 0 Å². The normalized spacial score (nSPS) is 10.7. The minimum Gasteiger partial charge on any atom is -0.476 e. The van der Waals surface area contributed by atoms with Gasteiger partial charge >= 0.3 is 11.9 Å². The Balaban J connectivity index is 2.01. The van der Waals surface area contributed by atoms with Gasteiger partial charge in [-0.3, -0.25) is 0 Å². The average Bonchev–Trinajstić information content (AvgIpc) is 2.65. The SMILES string of the molecule is CCCCCCCCCCCCCCOC(=O)c1nccnc1C(=O)O. The van der Waals surface area contributed by atoms with Crippen LogP contribution in [-0.4, -0.2) is 33.6 Å². The van der Waals surface area contributed by atoms with Crippen molar-refractivity contribution in [1.82, 2.24) is 9.97 Å². The molecule has 0 atom stereocenters. The summed E-state index contributed by atoms with van der Waals surface area (Å²) in [5.74, 6) is -2.01. The number of aromatic carboxylic acids is 1. The fourth-order valence-electron chi connectivity index (χ4n) is 2.82. The van der Waals surface area contributed by atoms with E-state index in [0.717, 1.165) is 19.3 Å². The summed E-state index contributed by atoms with van der Waals surface area (Å²) in [7, 11) is 0. The molecule has 0 bridgehead atoms. The van der Waals surface area contributed by atoms with E-state index in [0.29, 0.717) is 0 Å². The van der Waals surface area contributed by atoms with Crippen LogP contribution in [0.2, 0.25) is 0 Å². The van der Waals surface area contributed by atoms with Gasteiger partial charge in [-0.2, -0.15) is 0 Å². The molecular weight excluding hydrogens is 332 g/mol. The lowest BCUT2D eigenvalue weighted by Crippen LogP contribution is -2.15. The minimum atomic E-state index is -1.28. The lowest BCUT2D eigenvalue weighted by atomic mass is 10.1. The molecule has 0 spiro atoms. The first kappa shape index (κ1) is 22.1. The molecule has 0 aliphatic heterocycles. The van der Waals surface area contributed by atoms with Crippen molar-refractivity contribution >= 4 is 11.9 Å². The zero-order valence-electron chi connectivity index (χ0n) is 15.9. The van der Waals surface area contributed by atoms with Crippen LogP contribution in [0.3, 0.4) is 0 Å². The highest BCUT2D eigenvalue weighted by Gasteiger charge is 2.20. The number of ether oxygens (including phenoxy) is 1. The maximum Gasteiger partial charge on any atom is 0.359 e. The van der Waals surface area contributed by atoms with Gasteiger partial charge in [0, 0.05) is 12.4 Å². The lowest BCUT2D eigenvalue weighted by Gasteiger charge is -2.06. The van der Waals surface area contributed by atoms with E-state index in [1.807, 2.05) is 0 Å².